The molecule has 1 N–H and O–H groups in total. The highest BCUT2D eigenvalue weighted by Crippen LogP contribution is 2.27. The van der Waals surface area contributed by atoms with E-state index in [0.717, 1.165) is 70.5 Å². The maximum absolute atomic E-state index is 13.1. The topological polar surface area (TPSA) is 59.4 Å². The summed E-state index contributed by atoms with van der Waals surface area (Å²) in [5, 5.41) is 8.47. The van der Waals surface area contributed by atoms with Gasteiger partial charge in [-0.05, 0) is 56.2 Å². The van der Waals surface area contributed by atoms with Crippen molar-refractivity contribution >= 4 is 5.91 Å². The van der Waals surface area contributed by atoms with E-state index in [1.165, 1.54) is 16.8 Å². The van der Waals surface area contributed by atoms with Crippen LogP contribution in [0.15, 0.2) is 24.3 Å². The predicted octanol–water partition coefficient (Wildman–Crippen LogP) is 3.18. The first kappa shape index (κ1) is 20.0. The normalized spacial score (nSPS) is 18.7. The number of likely N-dealkylation sites (tertiary alicyclic amines) is 1. The van der Waals surface area contributed by atoms with E-state index >= 15 is 0 Å². The molecule has 1 aliphatic heterocycles. The summed E-state index contributed by atoms with van der Waals surface area (Å²) in [6.45, 7) is 5.59. The first-order valence-corrected chi connectivity index (χ1v) is 10.9. The van der Waals surface area contributed by atoms with Crippen LogP contribution in [0.1, 0.15) is 59.9 Å². The third kappa shape index (κ3) is 4.32. The molecule has 1 fully saturated rings. The lowest BCUT2D eigenvalue weighted by Gasteiger charge is -2.25. The van der Waals surface area contributed by atoms with E-state index in [9.17, 15) is 4.79 Å². The van der Waals surface area contributed by atoms with Gasteiger partial charge in [-0.3, -0.25) is 9.48 Å². The molecule has 2 aliphatic rings. The second-order valence-corrected chi connectivity index (χ2v) is 8.17. The fourth-order valence-electron chi connectivity index (χ4n) is 4.55. The maximum atomic E-state index is 13.1. The molecule has 4 rings (SSSR count). The van der Waals surface area contributed by atoms with Gasteiger partial charge in [0.05, 0.1) is 7.11 Å². The van der Waals surface area contributed by atoms with Crippen molar-refractivity contribution in [2.75, 3.05) is 20.2 Å². The number of aryl methyl sites for hydroxylation is 1. The van der Waals surface area contributed by atoms with Gasteiger partial charge in [-0.25, -0.2) is 0 Å². The summed E-state index contributed by atoms with van der Waals surface area (Å²) in [4.78, 5) is 15.1. The Balaban J connectivity index is 1.50. The molecule has 1 amide bonds. The molecule has 1 atom stereocenters. The Hall–Kier alpha value is -2.34. The Morgan fingerprint density at radius 2 is 2.14 bits per heavy atom. The van der Waals surface area contributed by atoms with Crippen molar-refractivity contribution in [1.82, 2.24) is 20.0 Å². The summed E-state index contributed by atoms with van der Waals surface area (Å²) in [6, 6.07) is 8.54. The molecule has 0 saturated carbocycles. The van der Waals surface area contributed by atoms with Crippen molar-refractivity contribution in [2.45, 2.75) is 64.6 Å². The van der Waals surface area contributed by atoms with E-state index in [0.29, 0.717) is 11.7 Å². The van der Waals surface area contributed by atoms with Crippen LogP contribution in [0.25, 0.3) is 0 Å². The number of carbonyl (C=O) groups is 1. The van der Waals surface area contributed by atoms with Crippen LogP contribution in [0.4, 0.5) is 0 Å². The predicted molar refractivity (Wildman–Crippen MR) is 113 cm³/mol. The standard InChI is InChI=1S/C23H32N4O2/c1-3-11-27-21-10-9-18(24-16-17-7-6-8-19(14-17)29-2)15-20(21)22(25-27)23(28)26-12-4-5-13-26/h6-8,14,18,24H,3-5,9-13,15-16H2,1-2H3. The first-order valence-electron chi connectivity index (χ1n) is 10.9. The Morgan fingerprint density at radius 1 is 1.31 bits per heavy atom. The number of hydrogen-bond donors (Lipinski definition) is 1. The number of carbonyl (C=O) groups excluding carboxylic acids is 1. The Labute approximate surface area is 173 Å². The monoisotopic (exact) mass is 396 g/mol. The smallest absolute Gasteiger partial charge is 0.274 e. The molecule has 156 valence electrons. The number of nitrogens with one attached hydrogen (secondary N) is 1. The molecule has 0 spiro atoms. The van der Waals surface area contributed by atoms with Crippen molar-refractivity contribution < 1.29 is 9.53 Å². The molecule has 1 saturated heterocycles. The van der Waals surface area contributed by atoms with Gasteiger partial charge in [0.2, 0.25) is 0 Å². The van der Waals surface area contributed by atoms with Crippen molar-refractivity contribution in [1.29, 1.82) is 0 Å². The lowest BCUT2D eigenvalue weighted by molar-refractivity contribution is 0.0784. The van der Waals surface area contributed by atoms with E-state index in [2.05, 4.69) is 29.1 Å². The van der Waals surface area contributed by atoms with Crippen LogP contribution >= 0.6 is 0 Å². The highest BCUT2D eigenvalue weighted by molar-refractivity contribution is 5.94. The van der Waals surface area contributed by atoms with E-state index in [1.54, 1.807) is 7.11 Å². The minimum Gasteiger partial charge on any atom is -0.497 e. The number of rotatable bonds is 7. The lowest BCUT2D eigenvalue weighted by Crippen LogP contribution is -2.35. The summed E-state index contributed by atoms with van der Waals surface area (Å²) >= 11 is 0. The molecule has 1 unspecified atom stereocenters. The van der Waals surface area contributed by atoms with Gasteiger partial charge in [-0.1, -0.05) is 19.1 Å². The summed E-state index contributed by atoms with van der Waals surface area (Å²) in [7, 11) is 1.70. The average Bonchev–Trinajstić information content (AvgIpc) is 3.41. The van der Waals surface area contributed by atoms with E-state index < -0.39 is 0 Å². The van der Waals surface area contributed by atoms with Crippen LogP contribution < -0.4 is 10.1 Å². The van der Waals surface area contributed by atoms with Gasteiger partial charge in [0.1, 0.15) is 5.75 Å². The fourth-order valence-corrected chi connectivity index (χ4v) is 4.55. The van der Waals surface area contributed by atoms with Crippen LogP contribution in [-0.2, 0) is 25.9 Å². The molecule has 6 heteroatoms. The van der Waals surface area contributed by atoms with Crippen LogP contribution in [-0.4, -0.2) is 46.8 Å². The highest BCUT2D eigenvalue weighted by atomic mass is 16.5. The molecule has 1 aromatic heterocycles. The largest absolute Gasteiger partial charge is 0.497 e. The zero-order valence-electron chi connectivity index (χ0n) is 17.6. The summed E-state index contributed by atoms with van der Waals surface area (Å²) < 4.78 is 7.42. The summed E-state index contributed by atoms with van der Waals surface area (Å²) in [6.07, 6.45) is 6.17. The third-order valence-corrected chi connectivity index (χ3v) is 6.11. The molecule has 0 radical (unpaired) electrons. The molecule has 29 heavy (non-hydrogen) atoms. The lowest BCUT2D eigenvalue weighted by atomic mass is 9.91. The minimum absolute atomic E-state index is 0.127. The summed E-state index contributed by atoms with van der Waals surface area (Å²) in [5.74, 6) is 1.01. The number of methoxy groups -OCH3 is 1. The SMILES string of the molecule is CCCn1nc(C(=O)N2CCCC2)c2c1CCC(NCc1cccc(OC)c1)C2. The zero-order chi connectivity index (χ0) is 20.2. The van der Waals surface area contributed by atoms with Gasteiger partial charge in [0.25, 0.3) is 5.91 Å². The van der Waals surface area contributed by atoms with Gasteiger partial charge in [0, 0.05) is 43.5 Å². The van der Waals surface area contributed by atoms with E-state index in [4.69, 9.17) is 9.84 Å². The molecular weight excluding hydrogens is 364 g/mol. The number of nitrogens with zero attached hydrogens (tertiary/aromatic N) is 3. The number of amides is 1. The van der Waals surface area contributed by atoms with Crippen LogP contribution in [0.2, 0.25) is 0 Å². The second-order valence-electron chi connectivity index (χ2n) is 8.17. The fraction of sp³-hybridized carbons (Fsp3) is 0.565. The van der Waals surface area contributed by atoms with E-state index in [1.807, 2.05) is 17.0 Å². The minimum atomic E-state index is 0.127. The Bertz CT molecular complexity index is 855. The number of aromatic nitrogens is 2. The van der Waals surface area contributed by atoms with Crippen molar-refractivity contribution in [3.8, 4) is 5.75 Å². The quantitative estimate of drug-likeness (QED) is 0.781. The molecular formula is C23H32N4O2. The van der Waals surface area contributed by atoms with Crippen molar-refractivity contribution in [2.24, 2.45) is 0 Å². The highest BCUT2D eigenvalue weighted by Gasteiger charge is 2.31. The maximum Gasteiger partial charge on any atom is 0.274 e. The number of fused-ring (bicyclic) bond motifs is 1. The van der Waals surface area contributed by atoms with Gasteiger partial charge in [-0.2, -0.15) is 5.10 Å². The van der Waals surface area contributed by atoms with E-state index in [-0.39, 0.29) is 5.91 Å². The molecule has 1 aliphatic carbocycles. The average molecular weight is 397 g/mol. The van der Waals surface area contributed by atoms with Gasteiger partial charge in [-0.15, -0.1) is 0 Å². The summed E-state index contributed by atoms with van der Waals surface area (Å²) in [5.41, 5.74) is 4.35. The molecule has 1 aromatic carbocycles. The van der Waals surface area contributed by atoms with Crippen LogP contribution in [0, 0.1) is 0 Å². The number of hydrogen-bond acceptors (Lipinski definition) is 4. The zero-order valence-corrected chi connectivity index (χ0v) is 17.6. The molecule has 6 nitrogen and oxygen atoms in total. The Kier molecular flexibility index (Phi) is 6.19. The van der Waals surface area contributed by atoms with Crippen LogP contribution in [0.5, 0.6) is 5.75 Å². The molecule has 2 aromatic rings. The third-order valence-electron chi connectivity index (χ3n) is 6.11. The first-order chi connectivity index (χ1) is 14.2. The second kappa shape index (κ2) is 8.99. The Morgan fingerprint density at radius 3 is 2.90 bits per heavy atom. The molecule has 2 heterocycles. The molecule has 0 bridgehead atoms. The van der Waals surface area contributed by atoms with Gasteiger partial charge in [0.15, 0.2) is 5.69 Å². The number of ether oxygens (including phenoxy) is 1. The van der Waals surface area contributed by atoms with Gasteiger partial charge >= 0.3 is 0 Å². The number of benzene rings is 1. The van der Waals surface area contributed by atoms with Crippen molar-refractivity contribution in [3.63, 3.8) is 0 Å². The van der Waals surface area contributed by atoms with Crippen molar-refractivity contribution in [3.05, 3.63) is 46.8 Å². The van der Waals surface area contributed by atoms with Crippen LogP contribution in [0.3, 0.4) is 0 Å². The van der Waals surface area contributed by atoms with Gasteiger partial charge < -0.3 is 15.0 Å².